The van der Waals surface area contributed by atoms with Crippen LogP contribution in [-0.4, -0.2) is 57.4 Å². The second kappa shape index (κ2) is 55.3. The third-order valence-corrected chi connectivity index (χ3v) is 29.2. The zero-order valence-corrected chi connectivity index (χ0v) is 78.9. The zero-order chi connectivity index (χ0) is 82.7. The van der Waals surface area contributed by atoms with Crippen LogP contribution in [-0.2, 0) is 19.2 Å². The summed E-state index contributed by atoms with van der Waals surface area (Å²) in [5.41, 5.74) is 7.25. The molecule has 116 heavy (non-hydrogen) atoms. The minimum atomic E-state index is 0.122. The molecule has 0 spiro atoms. The summed E-state index contributed by atoms with van der Waals surface area (Å²) >= 11 is 13.5. The van der Waals surface area contributed by atoms with Crippen LogP contribution in [0.4, 0.5) is 22.7 Å². The molecule has 16 heteroatoms. The number of nitrogens with zero attached hydrogens (tertiary/aromatic N) is 5. The fraction of sp³-hybridized carbons (Fsp3) is 0.640. The molecule has 4 aromatic heterocycles. The molecular formula is C100H148BBrN5O4S5. The molecular weight excluding hydrogens is 1590 g/mol. The van der Waals surface area contributed by atoms with E-state index in [1.54, 1.807) is 45.3 Å². The molecule has 4 atom stereocenters. The molecule has 8 heterocycles. The van der Waals surface area contributed by atoms with Crippen LogP contribution in [0, 0.1) is 23.7 Å². The van der Waals surface area contributed by atoms with Crippen molar-refractivity contribution in [3.05, 3.63) is 133 Å². The van der Waals surface area contributed by atoms with Crippen molar-refractivity contribution in [2.24, 2.45) is 28.0 Å². The molecule has 0 fully saturated rings. The molecule has 0 saturated carbocycles. The normalized spacial score (nSPS) is 14.7. The Morgan fingerprint density at radius 3 is 0.698 bits per heavy atom. The minimum absolute atomic E-state index is 0.122. The monoisotopic (exact) mass is 1730 g/mol. The number of unbranched alkanes of at least 4 members (excludes halogenated alkanes) is 32. The second-order valence-electron chi connectivity index (χ2n) is 34.2. The van der Waals surface area contributed by atoms with E-state index in [0.717, 1.165) is 122 Å². The number of anilines is 4. The summed E-state index contributed by atoms with van der Waals surface area (Å²) in [5.74, 6) is 2.40. The number of rotatable bonds is 60. The SMILES string of the molecule is CCCCCCCCC(CCCCCC)CN1C(=O)C(c2cccs2)=c2cc3c(cc21)=C(c1ccc(Br)s1)C(=O)N3CC(CCCCCC)CCCCCCCC.CCCCCCCCC(CCCCCC)CN1C(=O)C(c2cccs2)=c2cc3c(cc21)=C(c1cccs1)C(=O)N3CC(CCCCCC)CCCCCCCC.[B]=NS. The molecule has 0 bridgehead atoms. The van der Waals surface area contributed by atoms with Gasteiger partial charge in [-0.2, -0.15) is 0 Å². The van der Waals surface area contributed by atoms with Crippen molar-refractivity contribution >= 4 is 150 Å². The summed E-state index contributed by atoms with van der Waals surface area (Å²) in [6.07, 6.45) is 60.4. The molecule has 4 aliphatic rings. The van der Waals surface area contributed by atoms with Gasteiger partial charge < -0.3 is 19.6 Å². The van der Waals surface area contributed by atoms with Crippen LogP contribution >= 0.6 is 74.1 Å². The molecule has 4 unspecified atom stereocenters. The van der Waals surface area contributed by atoms with Gasteiger partial charge in [-0.3, -0.25) is 19.2 Å². The average molecular weight is 1740 g/mol. The average Bonchev–Trinajstić information content (AvgIpc) is 1.57. The summed E-state index contributed by atoms with van der Waals surface area (Å²) in [7, 11) is 4.34. The summed E-state index contributed by atoms with van der Waals surface area (Å²) in [6, 6.07) is 25.7. The van der Waals surface area contributed by atoms with E-state index in [4.69, 9.17) is 0 Å². The van der Waals surface area contributed by atoms with Gasteiger partial charge in [0.15, 0.2) is 0 Å². The predicted molar refractivity (Wildman–Crippen MR) is 514 cm³/mol. The van der Waals surface area contributed by atoms with Gasteiger partial charge >= 0.3 is 24.8 Å². The first-order valence-electron chi connectivity index (χ1n) is 46.9. The molecule has 0 aliphatic carbocycles. The standard InChI is InChI=1S/C50H73BrN2O2S2.C50H74N2O2S2.BHNS/c1-5-9-13-17-19-23-28-38(26-21-15-11-7-3)36-52-42-35-41-43(34-40(42)47(49(52)54)44-30-25-33-56-44)53(50(55)48(41)45-31-32-46(51)57-45)37-39(27-22-16-12-8-4)29-24-20-18-14-10-6-2;1-5-9-13-17-19-23-29-39(27-21-15-11-7-3)37-51-43-35-42-44(36-41(43)47(49(51)53)45-31-25-33-55-45)52(50(54)48(42)46-32-26-34-56-46)38-40(28-22-16-12-8-4)30-24-20-18-14-10-6-2;1-2-3/h25,30-35,38-39H,5-24,26-29,36-37H2,1-4H3;25-26,31-36,39-40H,5-24,27-30,37-38H2,1-4H3;3H. The Balaban J connectivity index is 0.000000280. The summed E-state index contributed by atoms with van der Waals surface area (Å²) in [6.45, 7) is 21.3. The van der Waals surface area contributed by atoms with Crippen molar-refractivity contribution in [3.63, 3.8) is 0 Å². The van der Waals surface area contributed by atoms with E-state index in [0.29, 0.717) is 23.7 Å². The Kier molecular flexibility index (Phi) is 46.2. The van der Waals surface area contributed by atoms with Crippen LogP contribution in [0.2, 0.25) is 0 Å². The van der Waals surface area contributed by atoms with Gasteiger partial charge in [-0.15, -0.1) is 45.3 Å². The van der Waals surface area contributed by atoms with E-state index in [9.17, 15) is 19.2 Å². The number of thiophene rings is 4. The van der Waals surface area contributed by atoms with E-state index in [-0.39, 0.29) is 23.6 Å². The van der Waals surface area contributed by atoms with Crippen molar-refractivity contribution < 1.29 is 19.2 Å². The quantitative estimate of drug-likeness (QED) is 0.0234. The number of hydrogen-bond acceptors (Lipinski definition) is 10. The number of thiol groups is 1. The maximum absolute atomic E-state index is 14.9. The van der Waals surface area contributed by atoms with Gasteiger partial charge in [0, 0.05) is 66.6 Å². The van der Waals surface area contributed by atoms with Crippen molar-refractivity contribution in [1.82, 2.24) is 0 Å². The summed E-state index contributed by atoms with van der Waals surface area (Å²) < 4.78 is 3.72. The Hall–Kier alpha value is -4.71. The zero-order valence-electron chi connectivity index (χ0n) is 73.1. The number of hydrogen-bond donors (Lipinski definition) is 1. The number of carbonyl (C=O) groups is 4. The van der Waals surface area contributed by atoms with Crippen LogP contribution < -0.4 is 40.5 Å². The molecule has 1 radical (unpaired) electrons. The first-order chi connectivity index (χ1) is 56.8. The fourth-order valence-corrected chi connectivity index (χ4v) is 22.1. The fourth-order valence-electron chi connectivity index (χ4n) is 18.3. The molecule has 4 amide bonds. The summed E-state index contributed by atoms with van der Waals surface area (Å²) in [5, 5.41) is 10.3. The van der Waals surface area contributed by atoms with Crippen LogP contribution in [0.3, 0.4) is 0 Å². The van der Waals surface area contributed by atoms with Gasteiger partial charge in [-0.25, -0.2) is 0 Å². The van der Waals surface area contributed by atoms with E-state index in [1.165, 1.54) is 302 Å². The van der Waals surface area contributed by atoms with Gasteiger partial charge in [0.1, 0.15) is 0 Å². The number of benzene rings is 2. The molecule has 10 rings (SSSR count). The Labute approximate surface area is 734 Å². The second-order valence-corrected chi connectivity index (χ2v) is 39.7. The van der Waals surface area contributed by atoms with Gasteiger partial charge in [-0.1, -0.05) is 330 Å². The first kappa shape index (κ1) is 96.8. The molecule has 4 aliphatic heterocycles. The van der Waals surface area contributed by atoms with Gasteiger partial charge in [0.25, 0.3) is 23.6 Å². The molecule has 637 valence electrons. The van der Waals surface area contributed by atoms with Crippen LogP contribution in [0.5, 0.6) is 0 Å². The predicted octanol–water partition coefficient (Wildman–Crippen LogP) is 28.1. The Morgan fingerprint density at radius 1 is 0.310 bits per heavy atom. The Bertz CT molecular complexity index is 3990. The number of fused-ring (bicyclic) bond motifs is 4. The van der Waals surface area contributed by atoms with E-state index in [2.05, 4.69) is 205 Å². The molecule has 2 aromatic carbocycles. The van der Waals surface area contributed by atoms with E-state index < -0.39 is 0 Å². The van der Waals surface area contributed by atoms with Crippen LogP contribution in [0.1, 0.15) is 383 Å². The van der Waals surface area contributed by atoms with Crippen molar-refractivity contribution in [2.75, 3.05) is 45.8 Å². The first-order valence-corrected chi connectivity index (χ1v) is 51.5. The molecule has 6 aromatic rings. The number of carbonyl (C=O) groups excluding carboxylic acids is 4. The number of halogens is 1. The van der Waals surface area contributed by atoms with Crippen LogP contribution in [0.15, 0.2) is 97.0 Å². The molecule has 0 N–H and O–H groups in total. The van der Waals surface area contributed by atoms with Gasteiger partial charge in [0.05, 0.1) is 48.8 Å². The maximum atomic E-state index is 14.9. The van der Waals surface area contributed by atoms with Gasteiger partial charge in [0.2, 0.25) is 0 Å². The van der Waals surface area contributed by atoms with E-state index in [1.807, 2.05) is 0 Å². The third kappa shape index (κ3) is 29.3. The van der Waals surface area contributed by atoms with Crippen molar-refractivity contribution in [1.29, 1.82) is 0 Å². The third-order valence-electron chi connectivity index (χ3n) is 24.9. The molecule has 0 saturated heterocycles. The Morgan fingerprint density at radius 2 is 0.509 bits per heavy atom. The van der Waals surface area contributed by atoms with Gasteiger partial charge in [-0.05, 0) is 162 Å². The van der Waals surface area contributed by atoms with E-state index >= 15 is 0 Å². The number of amides is 4. The topological polar surface area (TPSA) is 93.6 Å². The molecule has 9 nitrogen and oxygen atoms in total. The van der Waals surface area contributed by atoms with Crippen LogP contribution in [0.25, 0.3) is 22.3 Å². The van der Waals surface area contributed by atoms with Crippen molar-refractivity contribution in [3.8, 4) is 0 Å². The van der Waals surface area contributed by atoms with Crippen molar-refractivity contribution in [2.45, 2.75) is 364 Å². The summed E-state index contributed by atoms with van der Waals surface area (Å²) in [4.78, 5) is 71.8.